The van der Waals surface area contributed by atoms with Crippen molar-refractivity contribution in [3.63, 3.8) is 0 Å². The molecule has 96 valence electrons. The lowest BCUT2D eigenvalue weighted by molar-refractivity contribution is 1.14. The number of nitrogens with zero attached hydrogens (tertiary/aromatic N) is 1. The summed E-state index contributed by atoms with van der Waals surface area (Å²) in [5.41, 5.74) is 2.38. The molecule has 0 aliphatic carbocycles. The largest absolute Gasteiger partial charge is 0.380 e. The van der Waals surface area contributed by atoms with Gasteiger partial charge in [-0.25, -0.2) is 0 Å². The van der Waals surface area contributed by atoms with Crippen LogP contribution >= 0.6 is 39.1 Å². The Labute approximate surface area is 130 Å². The van der Waals surface area contributed by atoms with Crippen LogP contribution in [-0.2, 0) is 6.54 Å². The molecule has 0 fully saturated rings. The molecular weight excluding hydrogens is 347 g/mol. The zero-order valence-electron chi connectivity index (χ0n) is 9.75. The Morgan fingerprint density at radius 3 is 2.58 bits per heavy atom. The molecule has 0 heterocycles. The van der Waals surface area contributed by atoms with Gasteiger partial charge in [0.25, 0.3) is 0 Å². The van der Waals surface area contributed by atoms with E-state index in [1.54, 1.807) is 18.2 Å². The van der Waals surface area contributed by atoms with Gasteiger partial charge in [0.05, 0.1) is 21.3 Å². The van der Waals surface area contributed by atoms with Crippen LogP contribution < -0.4 is 5.32 Å². The highest BCUT2D eigenvalue weighted by Gasteiger charge is 2.04. The minimum atomic E-state index is 0.524. The highest BCUT2D eigenvalue weighted by Crippen LogP contribution is 2.24. The van der Waals surface area contributed by atoms with Crippen molar-refractivity contribution < 1.29 is 0 Å². The second-order valence-electron chi connectivity index (χ2n) is 3.90. The molecule has 2 aromatic carbocycles. The summed E-state index contributed by atoms with van der Waals surface area (Å²) in [7, 11) is 0. The SMILES string of the molecule is N#Cc1ccc(Br)cc1NCc1ccc(Cl)c(Cl)c1. The van der Waals surface area contributed by atoms with E-state index in [2.05, 4.69) is 27.3 Å². The summed E-state index contributed by atoms with van der Waals surface area (Å²) in [6, 6.07) is 13.1. The normalized spacial score (nSPS) is 10.0. The molecule has 2 nitrogen and oxygen atoms in total. The number of halogens is 3. The predicted molar refractivity (Wildman–Crippen MR) is 82.6 cm³/mol. The molecule has 0 saturated carbocycles. The molecule has 0 unspecified atom stereocenters. The topological polar surface area (TPSA) is 35.8 Å². The van der Waals surface area contributed by atoms with Gasteiger partial charge in [0.1, 0.15) is 6.07 Å². The average molecular weight is 356 g/mol. The van der Waals surface area contributed by atoms with Crippen molar-refractivity contribution in [2.45, 2.75) is 6.54 Å². The van der Waals surface area contributed by atoms with Crippen LogP contribution in [0.15, 0.2) is 40.9 Å². The van der Waals surface area contributed by atoms with E-state index in [1.165, 1.54) is 0 Å². The summed E-state index contributed by atoms with van der Waals surface area (Å²) in [4.78, 5) is 0. The second kappa shape index (κ2) is 6.29. The Morgan fingerprint density at radius 1 is 1.11 bits per heavy atom. The molecule has 2 aromatic rings. The number of hydrogen-bond acceptors (Lipinski definition) is 2. The zero-order chi connectivity index (χ0) is 13.8. The van der Waals surface area contributed by atoms with Crippen molar-refractivity contribution in [1.29, 1.82) is 5.26 Å². The predicted octanol–water partition coefficient (Wildman–Crippen LogP) is 5.24. The minimum absolute atomic E-state index is 0.524. The van der Waals surface area contributed by atoms with Gasteiger partial charge in [-0.3, -0.25) is 0 Å². The summed E-state index contributed by atoms with van der Waals surface area (Å²) in [6.07, 6.45) is 0. The van der Waals surface area contributed by atoms with E-state index < -0.39 is 0 Å². The van der Waals surface area contributed by atoms with Gasteiger partial charge in [-0.05, 0) is 35.9 Å². The average Bonchev–Trinajstić information content (AvgIpc) is 2.40. The zero-order valence-corrected chi connectivity index (χ0v) is 12.9. The van der Waals surface area contributed by atoms with Crippen molar-refractivity contribution in [2.75, 3.05) is 5.32 Å². The highest BCUT2D eigenvalue weighted by molar-refractivity contribution is 9.10. The third-order valence-corrected chi connectivity index (χ3v) is 3.80. The first-order valence-electron chi connectivity index (χ1n) is 5.47. The van der Waals surface area contributed by atoms with Crippen molar-refractivity contribution in [2.24, 2.45) is 0 Å². The summed E-state index contributed by atoms with van der Waals surface area (Å²) in [5.74, 6) is 0. The smallest absolute Gasteiger partial charge is 0.101 e. The molecule has 0 atom stereocenters. The first-order valence-corrected chi connectivity index (χ1v) is 7.02. The van der Waals surface area contributed by atoms with Crippen LogP contribution in [0.25, 0.3) is 0 Å². The summed E-state index contributed by atoms with van der Waals surface area (Å²) in [6.45, 7) is 0.571. The third kappa shape index (κ3) is 3.63. The fraction of sp³-hybridized carbons (Fsp3) is 0.0714. The van der Waals surface area contributed by atoms with Gasteiger partial charge in [0.15, 0.2) is 0 Å². The van der Waals surface area contributed by atoms with Crippen LogP contribution in [0.4, 0.5) is 5.69 Å². The van der Waals surface area contributed by atoms with Crippen LogP contribution in [0.5, 0.6) is 0 Å². The van der Waals surface area contributed by atoms with E-state index in [0.717, 1.165) is 15.7 Å². The summed E-state index contributed by atoms with van der Waals surface area (Å²) in [5, 5.41) is 13.3. The first-order chi connectivity index (χ1) is 9.10. The Hall–Kier alpha value is -1.21. The minimum Gasteiger partial charge on any atom is -0.380 e. The number of nitrogens with one attached hydrogen (secondary N) is 1. The molecule has 0 aromatic heterocycles. The maximum atomic E-state index is 9.04. The van der Waals surface area contributed by atoms with Gasteiger partial charge in [-0.15, -0.1) is 0 Å². The molecule has 0 saturated heterocycles. The van der Waals surface area contributed by atoms with Crippen molar-refractivity contribution in [3.05, 3.63) is 62.0 Å². The van der Waals surface area contributed by atoms with Crippen LogP contribution in [0.3, 0.4) is 0 Å². The van der Waals surface area contributed by atoms with Gasteiger partial charge in [-0.1, -0.05) is 45.2 Å². The lowest BCUT2D eigenvalue weighted by atomic mass is 10.1. The number of benzene rings is 2. The Balaban J connectivity index is 2.16. The Bertz CT molecular complexity index is 650. The summed E-state index contributed by atoms with van der Waals surface area (Å²) >= 11 is 15.2. The van der Waals surface area contributed by atoms with Crippen LogP contribution in [0, 0.1) is 11.3 Å². The van der Waals surface area contributed by atoms with Gasteiger partial charge in [-0.2, -0.15) is 5.26 Å². The van der Waals surface area contributed by atoms with Gasteiger partial charge in [0, 0.05) is 11.0 Å². The van der Waals surface area contributed by atoms with Crippen LogP contribution in [0.1, 0.15) is 11.1 Å². The molecule has 0 spiro atoms. The molecule has 5 heteroatoms. The fourth-order valence-electron chi connectivity index (χ4n) is 1.61. The Kier molecular flexibility index (Phi) is 4.71. The summed E-state index contributed by atoms with van der Waals surface area (Å²) < 4.78 is 0.920. The van der Waals surface area contributed by atoms with Crippen molar-refractivity contribution in [1.82, 2.24) is 0 Å². The molecule has 0 bridgehead atoms. The fourth-order valence-corrected chi connectivity index (χ4v) is 2.29. The van der Waals surface area contributed by atoms with E-state index >= 15 is 0 Å². The standard InChI is InChI=1S/C14H9BrCl2N2/c15-11-3-2-10(7-18)14(6-11)19-8-9-1-4-12(16)13(17)5-9/h1-6,19H,8H2. The molecule has 0 amide bonds. The number of rotatable bonds is 3. The molecule has 2 rings (SSSR count). The van der Waals surface area contributed by atoms with E-state index in [1.807, 2.05) is 18.2 Å². The van der Waals surface area contributed by atoms with Crippen LogP contribution in [-0.4, -0.2) is 0 Å². The lowest BCUT2D eigenvalue weighted by Crippen LogP contribution is -2.01. The van der Waals surface area contributed by atoms with E-state index in [0.29, 0.717) is 22.2 Å². The van der Waals surface area contributed by atoms with Crippen molar-refractivity contribution >= 4 is 44.8 Å². The third-order valence-electron chi connectivity index (χ3n) is 2.57. The molecule has 1 N–H and O–H groups in total. The lowest BCUT2D eigenvalue weighted by Gasteiger charge is -2.09. The maximum absolute atomic E-state index is 9.04. The maximum Gasteiger partial charge on any atom is 0.101 e. The molecule has 19 heavy (non-hydrogen) atoms. The monoisotopic (exact) mass is 354 g/mol. The van der Waals surface area contributed by atoms with Crippen molar-refractivity contribution in [3.8, 4) is 6.07 Å². The quantitative estimate of drug-likeness (QED) is 0.817. The van der Waals surface area contributed by atoms with E-state index in [9.17, 15) is 0 Å². The van der Waals surface area contributed by atoms with Crippen LogP contribution in [0.2, 0.25) is 10.0 Å². The molecule has 0 aliphatic heterocycles. The Morgan fingerprint density at radius 2 is 1.89 bits per heavy atom. The number of hydrogen-bond donors (Lipinski definition) is 1. The number of anilines is 1. The molecule has 0 radical (unpaired) electrons. The van der Waals surface area contributed by atoms with E-state index in [-0.39, 0.29) is 0 Å². The highest BCUT2D eigenvalue weighted by atomic mass is 79.9. The molecular formula is C14H9BrCl2N2. The first kappa shape index (κ1) is 14.2. The van der Waals surface area contributed by atoms with Gasteiger partial charge >= 0.3 is 0 Å². The van der Waals surface area contributed by atoms with Gasteiger partial charge in [0.2, 0.25) is 0 Å². The van der Waals surface area contributed by atoms with Gasteiger partial charge < -0.3 is 5.32 Å². The second-order valence-corrected chi connectivity index (χ2v) is 5.63. The number of nitriles is 1. The molecule has 0 aliphatic rings. The van der Waals surface area contributed by atoms with E-state index in [4.69, 9.17) is 28.5 Å².